The molecule has 52 valence electrons. The van der Waals surface area contributed by atoms with E-state index in [-0.39, 0.29) is 6.54 Å². The topological polar surface area (TPSA) is 29.4 Å². The van der Waals surface area contributed by atoms with Gasteiger partial charge in [-0.2, -0.15) is 4.91 Å². The Morgan fingerprint density at radius 1 is 1.78 bits per heavy atom. The summed E-state index contributed by atoms with van der Waals surface area (Å²) in [5, 5.41) is 2.76. The van der Waals surface area contributed by atoms with E-state index in [0.29, 0.717) is 5.92 Å². The molecule has 2 heteroatoms. The summed E-state index contributed by atoms with van der Waals surface area (Å²) in [4.78, 5) is 9.72. The summed E-state index contributed by atoms with van der Waals surface area (Å²) in [5.74, 6) is 0.433. The lowest BCUT2D eigenvalue weighted by Crippen LogP contribution is -1.98. The zero-order valence-electron chi connectivity index (χ0n) is 6.05. The van der Waals surface area contributed by atoms with Crippen molar-refractivity contribution in [3.63, 3.8) is 0 Å². The first-order chi connectivity index (χ1) is 4.22. The summed E-state index contributed by atoms with van der Waals surface area (Å²) in [6.45, 7) is 8.11. The second-order valence-corrected chi connectivity index (χ2v) is 2.25. The van der Waals surface area contributed by atoms with Crippen LogP contribution in [0, 0.1) is 10.8 Å². The monoisotopic (exact) mass is 127 g/mol. The summed E-state index contributed by atoms with van der Waals surface area (Å²) in [5.41, 5.74) is 0.938. The zero-order valence-corrected chi connectivity index (χ0v) is 6.05. The minimum atomic E-state index is 0.273. The highest BCUT2D eigenvalue weighted by atomic mass is 16.3. The van der Waals surface area contributed by atoms with Gasteiger partial charge in [0.1, 0.15) is 6.54 Å². The predicted molar refractivity (Wildman–Crippen MR) is 39.3 cm³/mol. The lowest BCUT2D eigenvalue weighted by atomic mass is 10.0. The number of hydrogen-bond donors (Lipinski definition) is 0. The van der Waals surface area contributed by atoms with E-state index in [9.17, 15) is 4.91 Å². The van der Waals surface area contributed by atoms with Gasteiger partial charge < -0.3 is 0 Å². The van der Waals surface area contributed by atoms with Crippen molar-refractivity contribution < 1.29 is 0 Å². The molecule has 0 spiro atoms. The van der Waals surface area contributed by atoms with Crippen molar-refractivity contribution in [1.29, 1.82) is 0 Å². The van der Waals surface area contributed by atoms with E-state index in [1.807, 2.05) is 6.92 Å². The third-order valence-electron chi connectivity index (χ3n) is 1.58. The fraction of sp³-hybridized carbons (Fsp3) is 0.714. The third-order valence-corrected chi connectivity index (χ3v) is 1.58. The van der Waals surface area contributed by atoms with E-state index in [2.05, 4.69) is 18.7 Å². The molecule has 2 nitrogen and oxygen atoms in total. The Labute approximate surface area is 55.9 Å². The van der Waals surface area contributed by atoms with E-state index >= 15 is 0 Å². The third kappa shape index (κ3) is 3.01. The van der Waals surface area contributed by atoms with Gasteiger partial charge in [0.15, 0.2) is 0 Å². The standard InChI is InChI=1S/C7H13NO/c1-4-6(2)7(3)5-8-9/h6H,3-5H2,1-2H3. The van der Waals surface area contributed by atoms with Crippen LogP contribution in [0.4, 0.5) is 0 Å². The normalized spacial score (nSPS) is 12.7. The van der Waals surface area contributed by atoms with E-state index in [0.717, 1.165) is 12.0 Å². The molecule has 1 unspecified atom stereocenters. The van der Waals surface area contributed by atoms with Crippen LogP contribution in [0.15, 0.2) is 17.3 Å². The van der Waals surface area contributed by atoms with Crippen LogP contribution in [0.1, 0.15) is 20.3 Å². The molecule has 0 fully saturated rings. The molecule has 0 aromatic heterocycles. The van der Waals surface area contributed by atoms with Gasteiger partial charge in [0.05, 0.1) is 0 Å². The van der Waals surface area contributed by atoms with Gasteiger partial charge in [-0.3, -0.25) is 0 Å². The lowest BCUT2D eigenvalue weighted by molar-refractivity contribution is 0.645. The van der Waals surface area contributed by atoms with Gasteiger partial charge in [0.25, 0.3) is 0 Å². The van der Waals surface area contributed by atoms with Crippen LogP contribution in [0.2, 0.25) is 0 Å². The van der Waals surface area contributed by atoms with Crippen LogP contribution in [0.3, 0.4) is 0 Å². The molecule has 0 heterocycles. The molecule has 0 rings (SSSR count). The molecule has 1 atom stereocenters. The molecular weight excluding hydrogens is 114 g/mol. The Kier molecular flexibility index (Phi) is 3.93. The Bertz CT molecular complexity index is 109. The van der Waals surface area contributed by atoms with Crippen molar-refractivity contribution in [2.45, 2.75) is 20.3 Å². The summed E-state index contributed by atoms with van der Waals surface area (Å²) in [7, 11) is 0. The predicted octanol–water partition coefficient (Wildman–Crippen LogP) is 2.36. The van der Waals surface area contributed by atoms with Crippen LogP contribution < -0.4 is 0 Å². The van der Waals surface area contributed by atoms with Crippen LogP contribution in [-0.4, -0.2) is 6.54 Å². The highest BCUT2D eigenvalue weighted by Gasteiger charge is 2.01. The van der Waals surface area contributed by atoms with Gasteiger partial charge in [-0.15, -0.1) is 0 Å². The molecule has 0 saturated heterocycles. The van der Waals surface area contributed by atoms with Gasteiger partial charge in [-0.25, -0.2) is 0 Å². The maximum Gasteiger partial charge on any atom is 0.102 e. The molecule has 0 aromatic carbocycles. The van der Waals surface area contributed by atoms with Crippen LogP contribution in [-0.2, 0) is 0 Å². The Morgan fingerprint density at radius 3 is 2.67 bits per heavy atom. The highest BCUT2D eigenvalue weighted by molar-refractivity contribution is 5.00. The molecular formula is C7H13NO. The average molecular weight is 127 g/mol. The van der Waals surface area contributed by atoms with Gasteiger partial charge >= 0.3 is 0 Å². The molecule has 9 heavy (non-hydrogen) atoms. The van der Waals surface area contributed by atoms with Crippen molar-refractivity contribution in [2.75, 3.05) is 6.54 Å². The van der Waals surface area contributed by atoms with Crippen molar-refractivity contribution in [3.8, 4) is 0 Å². The lowest BCUT2D eigenvalue weighted by Gasteiger charge is -2.06. The smallest absolute Gasteiger partial charge is 0.102 e. The SMILES string of the molecule is C=C(CN=O)C(C)CC. The second kappa shape index (κ2) is 4.24. The molecule has 0 saturated carbocycles. The van der Waals surface area contributed by atoms with Crippen molar-refractivity contribution in [3.05, 3.63) is 17.1 Å². The average Bonchev–Trinajstić information content (AvgIpc) is 1.87. The van der Waals surface area contributed by atoms with Crippen molar-refractivity contribution in [2.24, 2.45) is 11.1 Å². The zero-order chi connectivity index (χ0) is 7.28. The Morgan fingerprint density at radius 2 is 2.33 bits per heavy atom. The molecule has 0 aromatic rings. The van der Waals surface area contributed by atoms with E-state index in [4.69, 9.17) is 0 Å². The van der Waals surface area contributed by atoms with Gasteiger partial charge in [0, 0.05) is 0 Å². The summed E-state index contributed by atoms with van der Waals surface area (Å²) < 4.78 is 0. The van der Waals surface area contributed by atoms with Crippen LogP contribution in [0.5, 0.6) is 0 Å². The van der Waals surface area contributed by atoms with E-state index < -0.39 is 0 Å². The first kappa shape index (κ1) is 8.34. The van der Waals surface area contributed by atoms with Crippen LogP contribution >= 0.6 is 0 Å². The number of hydrogen-bond acceptors (Lipinski definition) is 2. The highest BCUT2D eigenvalue weighted by Crippen LogP contribution is 2.11. The molecule has 0 radical (unpaired) electrons. The first-order valence-electron chi connectivity index (χ1n) is 3.19. The van der Waals surface area contributed by atoms with Gasteiger partial charge in [-0.1, -0.05) is 25.6 Å². The second-order valence-electron chi connectivity index (χ2n) is 2.25. The quantitative estimate of drug-likeness (QED) is 0.421. The molecule has 0 aliphatic heterocycles. The molecule has 0 N–H and O–H groups in total. The first-order valence-corrected chi connectivity index (χ1v) is 3.19. The molecule has 0 aliphatic rings. The largest absolute Gasteiger partial charge is 0.150 e. The Balaban J connectivity index is 3.58. The van der Waals surface area contributed by atoms with Crippen molar-refractivity contribution in [1.82, 2.24) is 0 Å². The van der Waals surface area contributed by atoms with Crippen LogP contribution in [0.25, 0.3) is 0 Å². The minimum Gasteiger partial charge on any atom is -0.150 e. The van der Waals surface area contributed by atoms with Gasteiger partial charge in [-0.05, 0) is 17.9 Å². The number of nitrogens with zero attached hydrogens (tertiary/aromatic N) is 1. The minimum absolute atomic E-state index is 0.273. The van der Waals surface area contributed by atoms with Gasteiger partial charge in [0.2, 0.25) is 0 Å². The van der Waals surface area contributed by atoms with E-state index in [1.165, 1.54) is 0 Å². The summed E-state index contributed by atoms with van der Waals surface area (Å²) in [6.07, 6.45) is 1.04. The number of nitroso groups, excluding NO2 is 1. The molecule has 0 bridgehead atoms. The maximum atomic E-state index is 9.72. The van der Waals surface area contributed by atoms with Crippen molar-refractivity contribution >= 4 is 0 Å². The molecule has 0 aliphatic carbocycles. The Hall–Kier alpha value is -0.660. The fourth-order valence-corrected chi connectivity index (χ4v) is 0.527. The maximum absolute atomic E-state index is 9.72. The fourth-order valence-electron chi connectivity index (χ4n) is 0.527. The number of rotatable bonds is 4. The summed E-state index contributed by atoms with van der Waals surface area (Å²) >= 11 is 0. The van der Waals surface area contributed by atoms with E-state index in [1.54, 1.807) is 0 Å². The molecule has 0 amide bonds. The summed E-state index contributed by atoms with van der Waals surface area (Å²) in [6, 6.07) is 0.